The summed E-state index contributed by atoms with van der Waals surface area (Å²) in [5.74, 6) is -0.863. The summed E-state index contributed by atoms with van der Waals surface area (Å²) >= 11 is 12.5. The lowest BCUT2D eigenvalue weighted by Crippen LogP contribution is -2.32. The minimum atomic E-state index is -0.811. The molecule has 1 aliphatic rings. The molecule has 4 aromatic rings. The zero-order valence-corrected chi connectivity index (χ0v) is 26.8. The minimum Gasteiger partial charge on any atom is -0.481 e. The van der Waals surface area contributed by atoms with E-state index in [0.717, 1.165) is 33.4 Å². The third kappa shape index (κ3) is 9.18. The summed E-state index contributed by atoms with van der Waals surface area (Å²) < 4.78 is 14.8. The Morgan fingerprint density at radius 1 is 0.891 bits per heavy atom. The first-order valence-electron chi connectivity index (χ1n) is 15.3. The molecule has 9 nitrogen and oxygen atoms in total. The van der Waals surface area contributed by atoms with Crippen molar-refractivity contribution >= 4 is 35.1 Å². The fourth-order valence-corrected chi connectivity index (χ4v) is 5.79. The number of carbonyl (C=O) groups excluding carboxylic acids is 1. The highest BCUT2D eigenvalue weighted by atomic mass is 35.5. The number of aliphatic carboxylic acids is 1. The van der Waals surface area contributed by atoms with Gasteiger partial charge in [0, 0.05) is 31.4 Å². The number of aliphatic hydroxyl groups excluding tert-OH is 1. The molecule has 11 heteroatoms. The molecular formula is C35H37Cl2N3O6. The fourth-order valence-electron chi connectivity index (χ4n) is 5.48. The molecule has 1 fully saturated rings. The van der Waals surface area contributed by atoms with Crippen molar-refractivity contribution < 1.29 is 29.3 Å². The maximum absolute atomic E-state index is 12.3. The van der Waals surface area contributed by atoms with Gasteiger partial charge in [-0.2, -0.15) is 0 Å². The van der Waals surface area contributed by atoms with Crippen molar-refractivity contribution in [3.63, 3.8) is 0 Å². The van der Waals surface area contributed by atoms with Crippen molar-refractivity contribution in [3.8, 4) is 11.1 Å². The molecule has 0 spiro atoms. The summed E-state index contributed by atoms with van der Waals surface area (Å²) in [6.45, 7) is 0.811. The number of nitrogens with one attached hydrogen (secondary N) is 1. The van der Waals surface area contributed by atoms with Crippen molar-refractivity contribution in [3.05, 3.63) is 112 Å². The normalized spacial score (nSPS) is 17.9. The lowest BCUT2D eigenvalue weighted by Gasteiger charge is -2.36. The van der Waals surface area contributed by atoms with Gasteiger partial charge in [0.05, 0.1) is 31.7 Å². The quantitative estimate of drug-likeness (QED) is 0.121. The van der Waals surface area contributed by atoms with Crippen LogP contribution in [0.3, 0.4) is 0 Å². The number of unbranched alkanes of at least 4 members (excludes halogenated alkanes) is 2. The van der Waals surface area contributed by atoms with E-state index < -0.39 is 12.3 Å². The molecule has 46 heavy (non-hydrogen) atoms. The monoisotopic (exact) mass is 665 g/mol. The number of rotatable bonds is 14. The average molecular weight is 667 g/mol. The Labute approximate surface area is 278 Å². The first-order chi connectivity index (χ1) is 22.3. The topological polar surface area (TPSA) is 123 Å². The number of imidazole rings is 1. The van der Waals surface area contributed by atoms with Crippen LogP contribution in [0.15, 0.2) is 79.1 Å². The third-order valence-electron chi connectivity index (χ3n) is 7.95. The number of nitrogens with zero attached hydrogens (tertiary/aromatic N) is 2. The number of aliphatic hydroxyl groups is 1. The summed E-state index contributed by atoms with van der Waals surface area (Å²) in [5, 5.41) is 21.8. The molecule has 0 aliphatic carbocycles. The largest absolute Gasteiger partial charge is 0.481 e. The lowest BCUT2D eigenvalue weighted by atomic mass is 9.98. The number of carboxylic acids is 1. The number of benzene rings is 3. The lowest BCUT2D eigenvalue weighted by molar-refractivity contribution is -0.252. The predicted molar refractivity (Wildman–Crippen MR) is 175 cm³/mol. The molecule has 3 atom stereocenters. The van der Waals surface area contributed by atoms with Crippen molar-refractivity contribution in [2.45, 2.75) is 76.7 Å². The summed E-state index contributed by atoms with van der Waals surface area (Å²) in [6, 6.07) is 23.7. The van der Waals surface area contributed by atoms with Crippen molar-refractivity contribution in [2.24, 2.45) is 0 Å². The minimum absolute atomic E-state index is 0.0312. The van der Waals surface area contributed by atoms with Crippen molar-refractivity contribution in [1.29, 1.82) is 0 Å². The summed E-state index contributed by atoms with van der Waals surface area (Å²) in [4.78, 5) is 27.1. The van der Waals surface area contributed by atoms with Crippen LogP contribution in [0.1, 0.15) is 73.2 Å². The smallest absolute Gasteiger partial charge is 0.303 e. The van der Waals surface area contributed by atoms with Crippen LogP contribution in [0.25, 0.3) is 11.1 Å². The highest BCUT2D eigenvalue weighted by Crippen LogP contribution is 2.39. The van der Waals surface area contributed by atoms with Crippen LogP contribution < -0.4 is 5.32 Å². The van der Waals surface area contributed by atoms with Gasteiger partial charge < -0.3 is 29.6 Å². The Balaban J connectivity index is 1.28. The molecule has 3 N–H and O–H groups in total. The molecule has 0 unspecified atom stereocenters. The van der Waals surface area contributed by atoms with Gasteiger partial charge in [-0.15, -0.1) is 0 Å². The van der Waals surface area contributed by atoms with E-state index >= 15 is 0 Å². The van der Waals surface area contributed by atoms with Gasteiger partial charge in [0.2, 0.25) is 5.91 Å². The number of aromatic nitrogens is 2. The van der Waals surface area contributed by atoms with Crippen LogP contribution in [-0.2, 0) is 38.8 Å². The Morgan fingerprint density at radius 2 is 1.63 bits per heavy atom. The van der Waals surface area contributed by atoms with Crippen LogP contribution >= 0.6 is 23.2 Å². The van der Waals surface area contributed by atoms with Crippen LogP contribution in [0, 0.1) is 0 Å². The molecule has 0 saturated carbocycles. The van der Waals surface area contributed by atoms with E-state index in [2.05, 4.69) is 16.4 Å². The number of ether oxygens (including phenoxy) is 2. The Morgan fingerprint density at radius 3 is 2.35 bits per heavy atom. The first-order valence-corrected chi connectivity index (χ1v) is 16.1. The van der Waals surface area contributed by atoms with E-state index in [1.54, 1.807) is 10.9 Å². The van der Waals surface area contributed by atoms with Crippen LogP contribution in [0.4, 0.5) is 0 Å². The average Bonchev–Trinajstić information content (AvgIpc) is 3.39. The zero-order valence-electron chi connectivity index (χ0n) is 25.3. The molecular weight excluding hydrogens is 629 g/mol. The molecule has 3 aromatic carbocycles. The number of carboxylic acid groups (broad SMARTS) is 1. The highest BCUT2D eigenvalue weighted by Gasteiger charge is 2.33. The third-order valence-corrected chi connectivity index (χ3v) is 8.72. The predicted octanol–water partition coefficient (Wildman–Crippen LogP) is 7.25. The molecule has 0 bridgehead atoms. The Hall–Kier alpha value is -3.73. The second-order valence-corrected chi connectivity index (χ2v) is 12.1. The van der Waals surface area contributed by atoms with E-state index in [9.17, 15) is 14.7 Å². The fraction of sp³-hybridized carbons (Fsp3) is 0.343. The molecule has 5 rings (SSSR count). The van der Waals surface area contributed by atoms with Crippen molar-refractivity contribution in [2.75, 3.05) is 0 Å². The Bertz CT molecular complexity index is 1630. The molecule has 1 saturated heterocycles. The van der Waals surface area contributed by atoms with Crippen LogP contribution in [-0.4, -0.2) is 37.7 Å². The molecule has 242 valence electrons. The number of hydrogen-bond acceptors (Lipinski definition) is 6. The summed E-state index contributed by atoms with van der Waals surface area (Å²) in [7, 11) is 0. The van der Waals surface area contributed by atoms with Gasteiger partial charge in [-0.3, -0.25) is 9.59 Å². The highest BCUT2D eigenvalue weighted by molar-refractivity contribution is 6.40. The number of halogens is 2. The molecule has 2 heterocycles. The van der Waals surface area contributed by atoms with E-state index in [4.69, 9.17) is 37.8 Å². The van der Waals surface area contributed by atoms with Crippen LogP contribution in [0.2, 0.25) is 10.3 Å². The van der Waals surface area contributed by atoms with Gasteiger partial charge in [0.15, 0.2) is 11.4 Å². The molecule has 1 amide bonds. The number of hydrogen-bond donors (Lipinski definition) is 3. The SMILES string of the molecule is O=C(O)CCCCCC(=O)NCc1cccc(-c2cccc([C@@H]3O[C@H](Cn4cnc(Cl)c4Cl)C[C@H](c4ccc(CO)cc4)O3)c2)c1. The van der Waals surface area contributed by atoms with Gasteiger partial charge in [0.1, 0.15) is 5.15 Å². The van der Waals surface area contributed by atoms with Crippen molar-refractivity contribution in [1.82, 2.24) is 14.9 Å². The van der Waals surface area contributed by atoms with Gasteiger partial charge in [-0.05, 0) is 52.8 Å². The maximum Gasteiger partial charge on any atom is 0.303 e. The standard InChI is InChI=1S/C35H37Cl2N3O6/c36-33-34(37)40(22-39-33)20-29-18-30(25-14-12-23(21-41)13-15-25)46-35(45-29)28-9-5-8-27(17-28)26-7-4-6-24(16-26)19-38-31(42)10-2-1-3-11-32(43)44/h4-9,12-17,22,29-30,35,41H,1-3,10-11,18-21H2,(H,38,42)(H,43,44)/t29-,30+,35+/m0/s1. The second-order valence-electron chi connectivity index (χ2n) is 11.4. The van der Waals surface area contributed by atoms with E-state index in [0.29, 0.717) is 50.3 Å². The second kappa shape index (κ2) is 16.2. The van der Waals surface area contributed by atoms with E-state index in [-0.39, 0.29) is 36.3 Å². The molecule has 1 aliphatic heterocycles. The van der Waals surface area contributed by atoms with E-state index in [1.165, 1.54) is 0 Å². The number of carbonyl (C=O) groups is 2. The van der Waals surface area contributed by atoms with Gasteiger partial charge in [-0.1, -0.05) is 90.3 Å². The molecule has 1 aromatic heterocycles. The van der Waals surface area contributed by atoms with Crippen LogP contribution in [0.5, 0.6) is 0 Å². The van der Waals surface area contributed by atoms with Gasteiger partial charge >= 0.3 is 5.97 Å². The van der Waals surface area contributed by atoms with Gasteiger partial charge in [0.25, 0.3) is 0 Å². The van der Waals surface area contributed by atoms with Gasteiger partial charge in [-0.25, -0.2) is 4.98 Å². The Kier molecular flexibility index (Phi) is 11.8. The maximum atomic E-state index is 12.3. The number of amides is 1. The molecule has 0 radical (unpaired) electrons. The summed E-state index contributed by atoms with van der Waals surface area (Å²) in [6.07, 6.45) is 3.46. The first kappa shape index (κ1) is 33.6. The zero-order chi connectivity index (χ0) is 32.5. The summed E-state index contributed by atoms with van der Waals surface area (Å²) in [5.41, 5.74) is 5.60. The van der Waals surface area contributed by atoms with E-state index in [1.807, 2.05) is 66.7 Å².